The molecule has 0 radical (unpaired) electrons. The Balaban J connectivity index is 1.20. The molecule has 2 spiro atoms. The van der Waals surface area contributed by atoms with Crippen LogP contribution < -0.4 is 0 Å². The zero-order valence-corrected chi connectivity index (χ0v) is 23.3. The predicted molar refractivity (Wildman–Crippen MR) is 129 cm³/mol. The Hall–Kier alpha value is -1.74. The Labute approximate surface area is 229 Å². The van der Waals surface area contributed by atoms with Crippen LogP contribution in [0.1, 0.15) is 52.9 Å². The summed E-state index contributed by atoms with van der Waals surface area (Å²) in [5.74, 6) is -3.95. The smallest absolute Gasteiger partial charge is 0.333 e. The van der Waals surface area contributed by atoms with Crippen LogP contribution in [0.25, 0.3) is 0 Å². The molecule has 7 fully saturated rings. The Morgan fingerprint density at radius 1 is 1.02 bits per heavy atom. The average molecular weight is 602 g/mol. The molecule has 7 aliphatic rings. The van der Waals surface area contributed by atoms with Crippen molar-refractivity contribution in [3.63, 3.8) is 0 Å². The summed E-state index contributed by atoms with van der Waals surface area (Å²) in [6, 6.07) is -1.38. The topological polar surface area (TPSA) is 79.4 Å². The van der Waals surface area contributed by atoms with Gasteiger partial charge >= 0.3 is 24.2 Å². The molecule has 3 amide bonds. The Morgan fingerprint density at radius 2 is 1.73 bits per heavy atom. The van der Waals surface area contributed by atoms with E-state index in [2.05, 4.69) is 20.8 Å². The number of carbonyl (C=O) groups is 3. The van der Waals surface area contributed by atoms with Crippen molar-refractivity contribution in [1.29, 1.82) is 0 Å². The highest BCUT2D eigenvalue weighted by Gasteiger charge is 2.79. The van der Waals surface area contributed by atoms with Gasteiger partial charge in [0, 0.05) is 19.6 Å². The normalized spacial score (nSPS) is 42.9. The van der Waals surface area contributed by atoms with Crippen molar-refractivity contribution in [2.75, 3.05) is 31.9 Å². The van der Waals surface area contributed by atoms with Crippen molar-refractivity contribution >= 4 is 28.3 Å². The van der Waals surface area contributed by atoms with Gasteiger partial charge in [-0.05, 0) is 56.3 Å². The summed E-state index contributed by atoms with van der Waals surface area (Å²) in [6.07, 6.45) is -7.90. The summed E-state index contributed by atoms with van der Waals surface area (Å²) >= 11 is 0. The van der Waals surface area contributed by atoms with E-state index in [-0.39, 0.29) is 29.4 Å². The molecule has 0 aromatic rings. The Bertz CT molecular complexity index is 1150. The SMILES string of the molecule is CC1(C)[C@@H]2CC3OS4(C[C@@]45CCCN5C(=O)CN(C(=O)C(F)(F)F)[C@@H]4CCN(C(=O)C(F)(F)F)C4)O[C@@]3(C)[C@H]1C2. The van der Waals surface area contributed by atoms with Gasteiger partial charge in [0.05, 0.1) is 11.8 Å². The van der Waals surface area contributed by atoms with Gasteiger partial charge in [-0.1, -0.05) is 13.8 Å². The van der Waals surface area contributed by atoms with E-state index in [4.69, 9.17) is 8.37 Å². The highest BCUT2D eigenvalue weighted by Crippen LogP contribution is 2.88. The van der Waals surface area contributed by atoms with Crippen molar-refractivity contribution in [2.24, 2.45) is 17.3 Å². The zero-order chi connectivity index (χ0) is 29.3. The quantitative estimate of drug-likeness (QED) is 0.364. The minimum Gasteiger partial charge on any atom is -0.333 e. The van der Waals surface area contributed by atoms with Crippen LogP contribution in [0.2, 0.25) is 0 Å². The first-order valence-corrected chi connectivity index (χ1v) is 15.2. The molecule has 4 heterocycles. The average Bonchev–Trinajstić information content (AvgIpc) is 3.27. The first kappa shape index (κ1) is 28.4. The third-order valence-corrected chi connectivity index (χ3v) is 13.9. The summed E-state index contributed by atoms with van der Waals surface area (Å²) < 4.78 is 92.7. The van der Waals surface area contributed by atoms with Crippen LogP contribution in [-0.2, 0) is 22.7 Å². The lowest BCUT2D eigenvalue weighted by Gasteiger charge is -2.63. The summed E-state index contributed by atoms with van der Waals surface area (Å²) in [5, 5.41) is 0. The molecule has 4 aliphatic heterocycles. The molecule has 7 rings (SSSR count). The van der Waals surface area contributed by atoms with Gasteiger partial charge in [-0.3, -0.25) is 22.7 Å². The van der Waals surface area contributed by atoms with Crippen LogP contribution in [0.15, 0.2) is 0 Å². The standard InChI is InChI=1S/C25H33F6N3O5S/c1-21(2)14-9-16(21)22(3)17(10-14)38-40(39-22)13-23(40)6-4-7-34(23)18(35)12-33(20(37)25(29,30)31)15-5-8-32(11-15)19(36)24(26,27)28/h14-17H,4-13H2,1-3H3/t14-,15+,16-,17?,22-,23+/m0/s1. The van der Waals surface area contributed by atoms with Gasteiger partial charge in [0.1, 0.15) is 18.2 Å². The zero-order valence-electron chi connectivity index (χ0n) is 22.4. The van der Waals surface area contributed by atoms with E-state index in [1.807, 2.05) is 0 Å². The largest absolute Gasteiger partial charge is 0.471 e. The van der Waals surface area contributed by atoms with Gasteiger partial charge in [0.2, 0.25) is 5.91 Å². The number of hydrogen-bond acceptors (Lipinski definition) is 5. The fourth-order valence-electron chi connectivity index (χ4n) is 8.15. The number of nitrogens with zero attached hydrogens (tertiary/aromatic N) is 3. The molecule has 15 heteroatoms. The molecule has 0 aromatic carbocycles. The first-order chi connectivity index (χ1) is 18.4. The number of fused-ring (bicyclic) bond motifs is 1. The number of likely N-dealkylation sites (tertiary alicyclic amines) is 2. The number of rotatable bonds is 3. The second kappa shape index (κ2) is 8.42. The Kier molecular flexibility index (Phi) is 5.98. The molecular weight excluding hydrogens is 568 g/mol. The molecule has 3 aliphatic carbocycles. The van der Waals surface area contributed by atoms with Crippen molar-refractivity contribution in [3.8, 4) is 0 Å². The number of halogens is 6. The van der Waals surface area contributed by atoms with E-state index in [1.165, 1.54) is 4.90 Å². The lowest BCUT2D eigenvalue weighted by molar-refractivity contribution is -0.199. The number of alkyl halides is 6. The number of amides is 3. The second-order valence-corrected chi connectivity index (χ2v) is 15.5. The number of carbonyl (C=O) groups excluding carboxylic acids is 3. The molecule has 4 saturated heterocycles. The van der Waals surface area contributed by atoms with Crippen molar-refractivity contribution in [2.45, 2.75) is 87.8 Å². The maximum Gasteiger partial charge on any atom is 0.471 e. The van der Waals surface area contributed by atoms with Crippen molar-refractivity contribution < 1.29 is 49.1 Å². The molecule has 40 heavy (non-hydrogen) atoms. The monoisotopic (exact) mass is 601 g/mol. The second-order valence-electron chi connectivity index (χ2n) is 12.9. The minimum absolute atomic E-state index is 0.105. The molecule has 8 nitrogen and oxygen atoms in total. The fourth-order valence-corrected chi connectivity index (χ4v) is 12.2. The van der Waals surface area contributed by atoms with Gasteiger partial charge in [-0.25, -0.2) is 0 Å². The molecular formula is C25H33F6N3O5S. The molecule has 0 aromatic heterocycles. The summed E-state index contributed by atoms with van der Waals surface area (Å²) in [6.45, 7) is 4.61. The van der Waals surface area contributed by atoms with Crippen LogP contribution in [0, 0.1) is 17.3 Å². The van der Waals surface area contributed by atoms with Crippen LogP contribution in [-0.4, -0.2) is 99.3 Å². The van der Waals surface area contributed by atoms with E-state index in [9.17, 15) is 40.7 Å². The summed E-state index contributed by atoms with van der Waals surface area (Å²) in [5.41, 5.74) is -0.404. The van der Waals surface area contributed by atoms with Crippen molar-refractivity contribution in [3.05, 3.63) is 0 Å². The maximum absolute atomic E-state index is 13.6. The van der Waals surface area contributed by atoms with E-state index in [0.717, 1.165) is 12.8 Å². The van der Waals surface area contributed by atoms with E-state index in [1.54, 1.807) is 0 Å². The molecule has 2 unspecified atom stereocenters. The van der Waals surface area contributed by atoms with E-state index >= 15 is 0 Å². The molecule has 2 bridgehead atoms. The van der Waals surface area contributed by atoms with Gasteiger partial charge < -0.3 is 14.7 Å². The highest BCUT2D eigenvalue weighted by atomic mass is 32.3. The fraction of sp³-hybridized carbons (Fsp3) is 0.880. The van der Waals surface area contributed by atoms with E-state index in [0.29, 0.717) is 35.3 Å². The van der Waals surface area contributed by atoms with Crippen LogP contribution in [0.4, 0.5) is 26.3 Å². The van der Waals surface area contributed by atoms with Gasteiger partial charge in [-0.15, -0.1) is 0 Å². The highest BCUT2D eigenvalue weighted by molar-refractivity contribution is 8.33. The Morgan fingerprint density at radius 3 is 2.35 bits per heavy atom. The third kappa shape index (κ3) is 3.85. The lowest BCUT2D eigenvalue weighted by atomic mass is 9.43. The maximum atomic E-state index is 13.6. The predicted octanol–water partition coefficient (Wildman–Crippen LogP) is 3.75. The van der Waals surface area contributed by atoms with Gasteiger partial charge in [0.15, 0.2) is 4.87 Å². The molecule has 226 valence electrons. The molecule has 0 N–H and O–H groups in total. The third-order valence-electron chi connectivity index (χ3n) is 10.5. The van der Waals surface area contributed by atoms with Gasteiger partial charge in [-0.2, -0.15) is 36.9 Å². The minimum atomic E-state index is -5.34. The molecule has 7 atom stereocenters. The van der Waals surface area contributed by atoms with Crippen LogP contribution in [0.5, 0.6) is 0 Å². The van der Waals surface area contributed by atoms with Crippen LogP contribution in [0.3, 0.4) is 0 Å². The number of hydrogen-bond donors (Lipinski definition) is 0. The lowest BCUT2D eigenvalue weighted by Crippen LogP contribution is -2.65. The van der Waals surface area contributed by atoms with Crippen LogP contribution >= 0.6 is 10.6 Å². The van der Waals surface area contributed by atoms with Crippen molar-refractivity contribution in [1.82, 2.24) is 14.7 Å². The summed E-state index contributed by atoms with van der Waals surface area (Å²) in [7, 11) is -2.17. The first-order valence-electron chi connectivity index (χ1n) is 13.6. The summed E-state index contributed by atoms with van der Waals surface area (Å²) in [4.78, 5) is 39.0. The van der Waals surface area contributed by atoms with Gasteiger partial charge in [0.25, 0.3) is 0 Å². The van der Waals surface area contributed by atoms with E-state index < -0.39 is 76.8 Å². The molecule has 3 saturated carbocycles.